The average molecular weight is 354 g/mol. The smallest absolute Gasteiger partial charge is 0.122 e. The maximum Gasteiger partial charge on any atom is 0.122 e. The van der Waals surface area contributed by atoms with Gasteiger partial charge in [-0.3, -0.25) is 0 Å². The second-order valence-electron chi connectivity index (χ2n) is 7.66. The highest BCUT2D eigenvalue weighted by Gasteiger charge is 2.42. The van der Waals surface area contributed by atoms with Crippen LogP contribution in [0, 0.1) is 11.3 Å². The molecule has 0 saturated heterocycles. The van der Waals surface area contributed by atoms with E-state index in [0.29, 0.717) is 5.41 Å². The van der Waals surface area contributed by atoms with Crippen molar-refractivity contribution in [2.24, 2.45) is 11.3 Å². The van der Waals surface area contributed by atoms with Gasteiger partial charge in [-0.1, -0.05) is 22.9 Å². The molecule has 1 aliphatic carbocycles. The Balaban J connectivity index is 2.18. The Bertz CT molecular complexity index is 490. The van der Waals surface area contributed by atoms with Crippen molar-refractivity contribution in [1.29, 1.82) is 0 Å². The van der Waals surface area contributed by atoms with Gasteiger partial charge in [-0.05, 0) is 75.1 Å². The lowest BCUT2D eigenvalue weighted by molar-refractivity contribution is 0.225. The van der Waals surface area contributed by atoms with Crippen LogP contribution in [-0.4, -0.2) is 19.2 Å². The highest BCUT2D eigenvalue weighted by Crippen LogP contribution is 2.48. The van der Waals surface area contributed by atoms with Gasteiger partial charge in [-0.2, -0.15) is 0 Å². The molecule has 0 bridgehead atoms. The van der Waals surface area contributed by atoms with Crippen molar-refractivity contribution in [3.05, 3.63) is 28.2 Å². The van der Waals surface area contributed by atoms with Crippen LogP contribution in [0.5, 0.6) is 5.75 Å². The van der Waals surface area contributed by atoms with Crippen LogP contribution in [0.15, 0.2) is 22.7 Å². The van der Waals surface area contributed by atoms with Crippen molar-refractivity contribution >= 4 is 15.9 Å². The van der Waals surface area contributed by atoms with Gasteiger partial charge in [0.25, 0.3) is 0 Å². The molecule has 1 aromatic rings. The van der Waals surface area contributed by atoms with E-state index in [2.05, 4.69) is 61.1 Å². The molecule has 0 spiro atoms. The van der Waals surface area contributed by atoms with Gasteiger partial charge in [0, 0.05) is 16.6 Å². The van der Waals surface area contributed by atoms with Gasteiger partial charge in [0.15, 0.2) is 0 Å². The van der Waals surface area contributed by atoms with E-state index in [1.54, 1.807) is 7.11 Å². The summed E-state index contributed by atoms with van der Waals surface area (Å²) in [4.78, 5) is 0. The highest BCUT2D eigenvalue weighted by molar-refractivity contribution is 9.10. The summed E-state index contributed by atoms with van der Waals surface area (Å²) < 4.78 is 6.68. The molecule has 0 radical (unpaired) electrons. The van der Waals surface area contributed by atoms with E-state index in [-0.39, 0.29) is 5.54 Å². The molecule has 1 atom stereocenters. The Labute approximate surface area is 137 Å². The number of ether oxygens (including phenoxy) is 1. The van der Waals surface area contributed by atoms with E-state index >= 15 is 0 Å². The quantitative estimate of drug-likeness (QED) is 0.792. The Morgan fingerprint density at radius 3 is 2.43 bits per heavy atom. The summed E-state index contributed by atoms with van der Waals surface area (Å²) in [6, 6.07) is 6.31. The second-order valence-corrected chi connectivity index (χ2v) is 8.58. The first-order valence-corrected chi connectivity index (χ1v) is 8.60. The largest absolute Gasteiger partial charge is 0.496 e. The van der Waals surface area contributed by atoms with Gasteiger partial charge in [0.2, 0.25) is 0 Å². The average Bonchev–Trinajstić information content (AvgIpc) is 3.20. The van der Waals surface area contributed by atoms with Crippen LogP contribution in [0.1, 0.15) is 46.1 Å². The van der Waals surface area contributed by atoms with Crippen molar-refractivity contribution in [1.82, 2.24) is 5.32 Å². The maximum absolute atomic E-state index is 5.55. The summed E-state index contributed by atoms with van der Waals surface area (Å²) in [7, 11) is 1.76. The number of nitrogens with one attached hydrogen (secondary N) is 1. The molecule has 118 valence electrons. The number of methoxy groups -OCH3 is 1. The molecule has 2 nitrogen and oxygen atoms in total. The molecular formula is C18H28BrNO. The lowest BCUT2D eigenvalue weighted by Crippen LogP contribution is -2.44. The van der Waals surface area contributed by atoms with Crippen LogP contribution in [0.25, 0.3) is 0 Å². The Kier molecular flexibility index (Phi) is 5.04. The van der Waals surface area contributed by atoms with Crippen LogP contribution < -0.4 is 10.1 Å². The van der Waals surface area contributed by atoms with Crippen molar-refractivity contribution in [2.75, 3.05) is 13.7 Å². The highest BCUT2D eigenvalue weighted by atomic mass is 79.9. The number of rotatable bonds is 6. The predicted octanol–water partition coefficient (Wildman–Crippen LogP) is 4.80. The number of halogens is 1. The topological polar surface area (TPSA) is 21.3 Å². The van der Waals surface area contributed by atoms with E-state index in [1.165, 1.54) is 18.4 Å². The molecule has 21 heavy (non-hydrogen) atoms. The molecule has 0 aromatic heterocycles. The standard InChI is InChI=1S/C18H28BrNO/c1-17(2,3)20-12-18(4,14-6-7-14)11-13-10-15(19)8-9-16(13)21-5/h8-10,14,20H,6-7,11-12H2,1-5H3. The third-order valence-corrected chi connectivity index (χ3v) is 4.92. The summed E-state index contributed by atoms with van der Waals surface area (Å²) in [6.07, 6.45) is 3.78. The van der Waals surface area contributed by atoms with E-state index in [4.69, 9.17) is 4.74 Å². The molecular weight excluding hydrogens is 326 g/mol. The lowest BCUT2D eigenvalue weighted by atomic mass is 9.78. The third-order valence-electron chi connectivity index (χ3n) is 4.42. The molecule has 3 heteroatoms. The minimum atomic E-state index is 0.164. The molecule has 1 saturated carbocycles. The Morgan fingerprint density at radius 1 is 1.24 bits per heavy atom. The first-order chi connectivity index (χ1) is 9.73. The van der Waals surface area contributed by atoms with Crippen molar-refractivity contribution in [2.45, 2.75) is 52.5 Å². The van der Waals surface area contributed by atoms with E-state index in [1.807, 2.05) is 6.07 Å². The molecule has 1 N–H and O–H groups in total. The molecule has 0 aliphatic heterocycles. The van der Waals surface area contributed by atoms with Gasteiger partial charge >= 0.3 is 0 Å². The zero-order valence-electron chi connectivity index (χ0n) is 13.9. The minimum absolute atomic E-state index is 0.164. The molecule has 1 aliphatic rings. The van der Waals surface area contributed by atoms with Crippen molar-refractivity contribution in [3.8, 4) is 5.75 Å². The van der Waals surface area contributed by atoms with E-state index in [9.17, 15) is 0 Å². The Morgan fingerprint density at radius 2 is 1.90 bits per heavy atom. The summed E-state index contributed by atoms with van der Waals surface area (Å²) in [6.45, 7) is 10.2. The summed E-state index contributed by atoms with van der Waals surface area (Å²) in [5.41, 5.74) is 1.76. The molecule has 1 aromatic carbocycles. The van der Waals surface area contributed by atoms with Crippen molar-refractivity contribution < 1.29 is 4.74 Å². The van der Waals surface area contributed by atoms with Gasteiger partial charge in [-0.25, -0.2) is 0 Å². The lowest BCUT2D eigenvalue weighted by Gasteiger charge is -2.34. The molecule has 1 fully saturated rings. The Hall–Kier alpha value is -0.540. The van der Waals surface area contributed by atoms with Gasteiger partial charge in [0.05, 0.1) is 7.11 Å². The van der Waals surface area contributed by atoms with Gasteiger partial charge < -0.3 is 10.1 Å². The zero-order chi connectivity index (χ0) is 15.7. The van der Waals surface area contributed by atoms with E-state index in [0.717, 1.165) is 29.1 Å². The second kappa shape index (κ2) is 6.29. The first kappa shape index (κ1) is 16.8. The van der Waals surface area contributed by atoms with Crippen LogP contribution in [0.3, 0.4) is 0 Å². The van der Waals surface area contributed by atoms with Crippen LogP contribution in [0.2, 0.25) is 0 Å². The van der Waals surface area contributed by atoms with Crippen LogP contribution >= 0.6 is 15.9 Å². The predicted molar refractivity (Wildman–Crippen MR) is 93.0 cm³/mol. The first-order valence-electron chi connectivity index (χ1n) is 7.81. The van der Waals surface area contributed by atoms with Crippen LogP contribution in [-0.2, 0) is 6.42 Å². The van der Waals surface area contributed by atoms with E-state index < -0.39 is 0 Å². The molecule has 0 heterocycles. The zero-order valence-corrected chi connectivity index (χ0v) is 15.5. The fourth-order valence-corrected chi connectivity index (χ4v) is 3.33. The number of hydrogen-bond donors (Lipinski definition) is 1. The van der Waals surface area contributed by atoms with Gasteiger partial charge in [-0.15, -0.1) is 0 Å². The molecule has 0 amide bonds. The number of hydrogen-bond acceptors (Lipinski definition) is 2. The normalized spacial score (nSPS) is 18.4. The summed E-state index contributed by atoms with van der Waals surface area (Å²) >= 11 is 3.59. The maximum atomic E-state index is 5.55. The minimum Gasteiger partial charge on any atom is -0.496 e. The monoisotopic (exact) mass is 353 g/mol. The van der Waals surface area contributed by atoms with Gasteiger partial charge in [0.1, 0.15) is 5.75 Å². The molecule has 1 unspecified atom stereocenters. The van der Waals surface area contributed by atoms with Crippen LogP contribution in [0.4, 0.5) is 0 Å². The fourth-order valence-electron chi connectivity index (χ4n) is 2.92. The fraction of sp³-hybridized carbons (Fsp3) is 0.667. The summed E-state index contributed by atoms with van der Waals surface area (Å²) in [5.74, 6) is 1.83. The SMILES string of the molecule is COc1ccc(Br)cc1CC(C)(CNC(C)(C)C)C1CC1. The van der Waals surface area contributed by atoms with Crippen molar-refractivity contribution in [3.63, 3.8) is 0 Å². The number of benzene rings is 1. The summed E-state index contributed by atoms with van der Waals surface area (Å²) in [5, 5.41) is 3.70. The molecule has 2 rings (SSSR count). The third kappa shape index (κ3) is 4.72.